The van der Waals surface area contributed by atoms with Crippen LogP contribution in [0.3, 0.4) is 0 Å². The van der Waals surface area contributed by atoms with Crippen LogP contribution in [0.15, 0.2) is 24.8 Å². The maximum atomic E-state index is 7.69. The maximum Gasteiger partial charge on any atom is 0.633 e. The summed E-state index contributed by atoms with van der Waals surface area (Å²) in [5.74, 6) is 0. The molecule has 0 aromatic heterocycles. The molecule has 0 atom stereocenters. The van der Waals surface area contributed by atoms with Gasteiger partial charge in [-0.2, -0.15) is 0 Å². The fourth-order valence-corrected chi connectivity index (χ4v) is 1.19. The van der Waals surface area contributed by atoms with Crippen LogP contribution >= 0.6 is 0 Å². The largest absolute Gasteiger partial charge is 0.633 e. The van der Waals surface area contributed by atoms with Crippen LogP contribution in [0, 0.1) is 0 Å². The van der Waals surface area contributed by atoms with Crippen LogP contribution in [0.4, 0.5) is 5.69 Å². The molecule has 0 aliphatic carbocycles. The molecule has 0 spiro atoms. The monoisotopic (exact) mass is 223 g/mol. The summed E-state index contributed by atoms with van der Waals surface area (Å²) in [6, 6.07) is 5.95. The topological polar surface area (TPSA) is 75.7 Å². The van der Waals surface area contributed by atoms with E-state index in [9.17, 15) is 0 Å². The molecule has 1 aromatic carbocycles. The first kappa shape index (κ1) is 14.7. The predicted octanol–water partition coefficient (Wildman–Crippen LogP) is 1.08. The Hall–Kier alpha value is -1.30. The Morgan fingerprint density at radius 3 is 2.38 bits per heavy atom. The zero-order valence-corrected chi connectivity index (χ0v) is 9.68. The molecule has 1 rings (SSSR count). The molecule has 0 saturated carbocycles. The van der Waals surface area contributed by atoms with E-state index in [1.165, 1.54) is 12.7 Å². The summed E-state index contributed by atoms with van der Waals surface area (Å²) in [6.45, 7) is 5.83. The van der Waals surface area contributed by atoms with Gasteiger partial charge in [0.1, 0.15) is 0 Å². The molecule has 5 heteroatoms. The fraction of sp³-hybridized carbons (Fsp3) is 0.273. The molecule has 4 nitrogen and oxygen atoms in total. The normalized spacial score (nSPS) is 9.00. The Labute approximate surface area is 96.5 Å². The van der Waals surface area contributed by atoms with Gasteiger partial charge in [-0.15, -0.1) is 0 Å². The zero-order chi connectivity index (χ0) is 12.6. The van der Waals surface area contributed by atoms with Crippen molar-refractivity contribution in [1.29, 1.82) is 0 Å². The highest BCUT2D eigenvalue weighted by atomic mass is 16.6. The number of benzene rings is 1. The summed E-state index contributed by atoms with van der Waals surface area (Å²) in [5.41, 5.74) is 8.90. The van der Waals surface area contributed by atoms with Gasteiger partial charge >= 0.3 is 7.32 Å². The van der Waals surface area contributed by atoms with Crippen molar-refractivity contribution in [3.63, 3.8) is 0 Å². The van der Waals surface area contributed by atoms with E-state index >= 15 is 0 Å². The Morgan fingerprint density at radius 2 is 2.06 bits per heavy atom. The van der Waals surface area contributed by atoms with E-state index in [1.54, 1.807) is 0 Å². The van der Waals surface area contributed by atoms with Crippen molar-refractivity contribution < 1.29 is 14.7 Å². The van der Waals surface area contributed by atoms with Gasteiger partial charge in [0, 0.05) is 12.8 Å². The Bertz CT molecular complexity index is 329. The lowest BCUT2D eigenvalue weighted by atomic mass is 10.0. The molecule has 0 aliphatic heterocycles. The second-order valence-electron chi connectivity index (χ2n) is 3.04. The van der Waals surface area contributed by atoms with Crippen LogP contribution in [0.25, 0.3) is 6.08 Å². The smallest absolute Gasteiger partial charge is 0.402 e. The van der Waals surface area contributed by atoms with Gasteiger partial charge in [0.2, 0.25) is 0 Å². The Kier molecular flexibility index (Phi) is 7.29. The second-order valence-corrected chi connectivity index (χ2v) is 3.04. The summed E-state index contributed by atoms with van der Waals surface area (Å²) in [5, 5.41) is 15.4. The van der Waals surface area contributed by atoms with Gasteiger partial charge in [0.15, 0.2) is 0 Å². The van der Waals surface area contributed by atoms with Gasteiger partial charge in [-0.05, 0) is 23.6 Å². The molecule has 0 radical (unpaired) electrons. The highest BCUT2D eigenvalue weighted by Gasteiger charge is 2.00. The molecule has 0 unspecified atom stereocenters. The molecule has 16 heavy (non-hydrogen) atoms. The quantitative estimate of drug-likeness (QED) is 0.529. The number of hydrogen-bond acceptors (Lipinski definition) is 4. The Morgan fingerprint density at radius 1 is 1.50 bits per heavy atom. The van der Waals surface area contributed by atoms with Crippen LogP contribution in [-0.4, -0.2) is 24.5 Å². The average Bonchev–Trinajstić information content (AvgIpc) is 2.29. The highest BCUT2D eigenvalue weighted by molar-refractivity contribution is 6.32. The van der Waals surface area contributed by atoms with Gasteiger partial charge in [0.05, 0.1) is 0 Å². The van der Waals surface area contributed by atoms with E-state index in [0.29, 0.717) is 0 Å². The summed E-state index contributed by atoms with van der Waals surface area (Å²) >= 11 is 0. The predicted molar refractivity (Wildman–Crippen MR) is 67.5 cm³/mol. The van der Waals surface area contributed by atoms with Gasteiger partial charge in [0.25, 0.3) is 0 Å². The van der Waals surface area contributed by atoms with Gasteiger partial charge in [-0.1, -0.05) is 31.7 Å². The van der Waals surface area contributed by atoms with E-state index in [0.717, 1.165) is 17.7 Å². The van der Waals surface area contributed by atoms with Crippen molar-refractivity contribution in [3.05, 3.63) is 35.9 Å². The second kappa shape index (κ2) is 7.93. The third kappa shape index (κ3) is 4.98. The molecule has 0 bridgehead atoms. The lowest BCUT2D eigenvalue weighted by molar-refractivity contribution is 0.229. The van der Waals surface area contributed by atoms with Crippen LogP contribution in [0.5, 0.6) is 0 Å². The molecule has 1 aromatic rings. The molecule has 4 N–H and O–H groups in total. The van der Waals surface area contributed by atoms with E-state index < -0.39 is 7.32 Å². The number of anilines is 1. The zero-order valence-electron chi connectivity index (χ0n) is 9.68. The number of aryl methyl sites for hydroxylation is 1. The fourth-order valence-electron chi connectivity index (χ4n) is 1.19. The van der Waals surface area contributed by atoms with E-state index in [2.05, 4.69) is 24.2 Å². The molecule has 0 saturated heterocycles. The molecule has 0 fully saturated rings. The molecular weight excluding hydrogens is 205 g/mol. The third-order valence-corrected chi connectivity index (χ3v) is 2.03. The third-order valence-electron chi connectivity index (χ3n) is 2.03. The summed E-state index contributed by atoms with van der Waals surface area (Å²) in [6.07, 6.45) is 2.82. The lowest BCUT2D eigenvalue weighted by Gasteiger charge is -2.05. The van der Waals surface area contributed by atoms with E-state index in [1.807, 2.05) is 18.2 Å². The van der Waals surface area contributed by atoms with Gasteiger partial charge < -0.3 is 20.4 Å². The minimum atomic E-state index is -1.62. The summed E-state index contributed by atoms with van der Waals surface area (Å²) < 4.78 is 3.86. The first-order valence-corrected chi connectivity index (χ1v) is 4.95. The van der Waals surface area contributed by atoms with Crippen LogP contribution in [0.1, 0.15) is 18.1 Å². The van der Waals surface area contributed by atoms with E-state index in [-0.39, 0.29) is 0 Å². The summed E-state index contributed by atoms with van der Waals surface area (Å²) in [4.78, 5) is 0. The first-order chi connectivity index (χ1) is 7.56. The number of rotatable bonds is 3. The molecule has 0 aliphatic rings. The molecule has 88 valence electrons. The molecule has 0 heterocycles. The number of nitrogens with two attached hydrogens (primary N) is 1. The minimum absolute atomic E-state index is 0.819. The molecular formula is C11H18BNO3. The average molecular weight is 223 g/mol. The minimum Gasteiger partial charge on any atom is -0.402 e. The lowest BCUT2D eigenvalue weighted by Crippen LogP contribution is -2.12. The standard InChI is InChI=1S/C10H13N.CH5BO3/c1-3-8-6-5-7-10(11)9(8)4-2;1-5-2(3)4/h4-7H,2-3,11H2,1H3;3-4H,1H3. The van der Waals surface area contributed by atoms with Gasteiger partial charge in [-0.3, -0.25) is 0 Å². The maximum absolute atomic E-state index is 7.69. The van der Waals surface area contributed by atoms with Crippen LogP contribution < -0.4 is 5.73 Å². The van der Waals surface area contributed by atoms with Crippen molar-refractivity contribution in [2.24, 2.45) is 0 Å². The highest BCUT2D eigenvalue weighted by Crippen LogP contribution is 2.18. The first-order valence-electron chi connectivity index (χ1n) is 4.95. The van der Waals surface area contributed by atoms with Crippen molar-refractivity contribution >= 4 is 19.1 Å². The molecule has 0 amide bonds. The van der Waals surface area contributed by atoms with Crippen molar-refractivity contribution in [2.45, 2.75) is 13.3 Å². The van der Waals surface area contributed by atoms with Crippen molar-refractivity contribution in [3.8, 4) is 0 Å². The van der Waals surface area contributed by atoms with Crippen molar-refractivity contribution in [2.75, 3.05) is 12.8 Å². The summed E-state index contributed by atoms with van der Waals surface area (Å²) in [7, 11) is -0.417. The number of hydrogen-bond donors (Lipinski definition) is 3. The van der Waals surface area contributed by atoms with Gasteiger partial charge in [-0.25, -0.2) is 0 Å². The SMILES string of the molecule is C=Cc1c(N)cccc1CC.COB(O)O. The van der Waals surface area contributed by atoms with E-state index in [4.69, 9.17) is 15.8 Å². The number of nitrogen functional groups attached to an aromatic ring is 1. The van der Waals surface area contributed by atoms with Crippen molar-refractivity contribution in [1.82, 2.24) is 0 Å². The Balaban J connectivity index is 0.000000385. The van der Waals surface area contributed by atoms with Crippen LogP contribution in [-0.2, 0) is 11.1 Å². The van der Waals surface area contributed by atoms with Crippen LogP contribution in [0.2, 0.25) is 0 Å².